The van der Waals surface area contributed by atoms with Crippen molar-refractivity contribution in [3.05, 3.63) is 89.5 Å². The second kappa shape index (κ2) is 8.05. The number of ether oxygens (including phenoxy) is 1. The number of anilines is 2. The minimum absolute atomic E-state index is 0.217. The van der Waals surface area contributed by atoms with Gasteiger partial charge in [0.1, 0.15) is 5.75 Å². The lowest BCUT2D eigenvalue weighted by atomic mass is 10.1. The first-order valence-electron chi connectivity index (χ1n) is 8.32. The Labute approximate surface area is 156 Å². The van der Waals surface area contributed by atoms with E-state index in [-0.39, 0.29) is 12.5 Å². The molecule has 0 aliphatic carbocycles. The van der Waals surface area contributed by atoms with Crippen LogP contribution in [0.3, 0.4) is 0 Å². The Morgan fingerprint density at radius 1 is 0.778 bits per heavy atom. The van der Waals surface area contributed by atoms with Gasteiger partial charge in [-0.1, -0.05) is 18.2 Å². The molecule has 0 atom stereocenters. The number of benzene rings is 3. The summed E-state index contributed by atoms with van der Waals surface area (Å²) in [5.41, 5.74) is 14.0. The third-order valence-corrected chi connectivity index (χ3v) is 3.93. The van der Waals surface area contributed by atoms with E-state index < -0.39 is 5.97 Å². The van der Waals surface area contributed by atoms with Gasteiger partial charge in [-0.15, -0.1) is 0 Å². The smallest absolute Gasteiger partial charge is 0.343 e. The number of nitrogen functional groups attached to an aromatic ring is 2. The predicted molar refractivity (Wildman–Crippen MR) is 104 cm³/mol. The Kier molecular flexibility index (Phi) is 5.37. The van der Waals surface area contributed by atoms with Crippen molar-refractivity contribution in [3.63, 3.8) is 0 Å². The molecule has 0 radical (unpaired) electrons. The van der Waals surface area contributed by atoms with Crippen molar-refractivity contribution in [3.8, 4) is 5.75 Å². The molecule has 0 aromatic heterocycles. The van der Waals surface area contributed by atoms with Crippen LogP contribution in [-0.4, -0.2) is 11.9 Å². The fraction of sp³-hybridized carbons (Fsp3) is 0.0476. The molecule has 0 heterocycles. The molecule has 1 amide bonds. The lowest BCUT2D eigenvalue weighted by molar-refractivity contribution is 0.0733. The van der Waals surface area contributed by atoms with Crippen LogP contribution in [0.25, 0.3) is 0 Å². The molecule has 3 aromatic rings. The SMILES string of the molecule is Nc1ccc(C(=O)NCc2ccccc2OC(=O)c2ccc(N)cc2)cc1. The maximum atomic E-state index is 12.3. The fourth-order valence-electron chi connectivity index (χ4n) is 2.44. The number of para-hydroxylation sites is 1. The van der Waals surface area contributed by atoms with Crippen LogP contribution in [0.5, 0.6) is 5.75 Å². The van der Waals surface area contributed by atoms with Gasteiger partial charge in [0.15, 0.2) is 0 Å². The van der Waals surface area contributed by atoms with E-state index in [1.54, 1.807) is 66.7 Å². The van der Waals surface area contributed by atoms with Gasteiger partial charge < -0.3 is 21.5 Å². The zero-order valence-electron chi connectivity index (χ0n) is 14.5. The number of nitrogens with two attached hydrogens (primary N) is 2. The molecule has 5 N–H and O–H groups in total. The van der Waals surface area contributed by atoms with Crippen LogP contribution in [-0.2, 0) is 6.54 Å². The van der Waals surface area contributed by atoms with Gasteiger partial charge in [-0.2, -0.15) is 0 Å². The van der Waals surface area contributed by atoms with E-state index >= 15 is 0 Å². The predicted octanol–water partition coefficient (Wildman–Crippen LogP) is 3.00. The monoisotopic (exact) mass is 361 g/mol. The van der Waals surface area contributed by atoms with Crippen molar-refractivity contribution in [1.82, 2.24) is 5.32 Å². The summed E-state index contributed by atoms with van der Waals surface area (Å²) in [5.74, 6) is -0.348. The summed E-state index contributed by atoms with van der Waals surface area (Å²) in [5, 5.41) is 2.81. The van der Waals surface area contributed by atoms with Gasteiger partial charge >= 0.3 is 5.97 Å². The number of hydrogen-bond donors (Lipinski definition) is 3. The van der Waals surface area contributed by atoms with Crippen LogP contribution >= 0.6 is 0 Å². The van der Waals surface area contributed by atoms with Gasteiger partial charge in [-0.3, -0.25) is 4.79 Å². The number of amides is 1. The Morgan fingerprint density at radius 3 is 1.96 bits per heavy atom. The van der Waals surface area contributed by atoms with Crippen LogP contribution in [0.2, 0.25) is 0 Å². The van der Waals surface area contributed by atoms with Crippen molar-refractivity contribution in [1.29, 1.82) is 0 Å². The third-order valence-electron chi connectivity index (χ3n) is 3.93. The first-order chi connectivity index (χ1) is 13.0. The van der Waals surface area contributed by atoms with Gasteiger partial charge in [0.2, 0.25) is 0 Å². The maximum absolute atomic E-state index is 12.3. The van der Waals surface area contributed by atoms with Crippen LogP contribution in [0.1, 0.15) is 26.3 Å². The number of carbonyl (C=O) groups excluding carboxylic acids is 2. The summed E-state index contributed by atoms with van der Waals surface area (Å²) < 4.78 is 5.48. The van der Waals surface area contributed by atoms with E-state index in [4.69, 9.17) is 16.2 Å². The highest BCUT2D eigenvalue weighted by Gasteiger charge is 2.12. The first-order valence-corrected chi connectivity index (χ1v) is 8.32. The molecule has 0 fully saturated rings. The van der Waals surface area contributed by atoms with Crippen LogP contribution < -0.4 is 21.5 Å². The Bertz CT molecular complexity index is 951. The number of hydrogen-bond acceptors (Lipinski definition) is 5. The molecule has 0 saturated heterocycles. The van der Waals surface area contributed by atoms with E-state index in [2.05, 4.69) is 5.32 Å². The van der Waals surface area contributed by atoms with Crippen LogP contribution in [0, 0.1) is 0 Å². The molecule has 3 aromatic carbocycles. The van der Waals surface area contributed by atoms with Gasteiger partial charge in [0.25, 0.3) is 5.91 Å². The summed E-state index contributed by atoms with van der Waals surface area (Å²) in [6, 6.07) is 20.1. The molecule has 136 valence electrons. The first kappa shape index (κ1) is 18.0. The molecule has 0 spiro atoms. The van der Waals surface area contributed by atoms with E-state index in [9.17, 15) is 9.59 Å². The molecule has 0 saturated carbocycles. The van der Waals surface area contributed by atoms with Crippen LogP contribution in [0.4, 0.5) is 11.4 Å². The quantitative estimate of drug-likeness (QED) is 0.368. The Hall–Kier alpha value is -3.80. The molecule has 0 aliphatic heterocycles. The summed E-state index contributed by atoms with van der Waals surface area (Å²) in [6.45, 7) is 0.217. The highest BCUT2D eigenvalue weighted by molar-refractivity contribution is 5.94. The summed E-state index contributed by atoms with van der Waals surface area (Å²) >= 11 is 0. The second-order valence-electron chi connectivity index (χ2n) is 5.92. The number of nitrogens with one attached hydrogen (secondary N) is 1. The number of esters is 1. The largest absolute Gasteiger partial charge is 0.423 e. The van der Waals surface area contributed by atoms with Gasteiger partial charge in [-0.05, 0) is 54.6 Å². The van der Waals surface area contributed by atoms with Crippen molar-refractivity contribution in [2.75, 3.05) is 11.5 Å². The van der Waals surface area contributed by atoms with E-state index in [1.807, 2.05) is 6.07 Å². The molecular formula is C21H19N3O3. The zero-order chi connectivity index (χ0) is 19.2. The normalized spacial score (nSPS) is 10.2. The number of carbonyl (C=O) groups is 2. The Morgan fingerprint density at radius 2 is 1.33 bits per heavy atom. The van der Waals surface area contributed by atoms with Crippen molar-refractivity contribution in [2.24, 2.45) is 0 Å². The number of rotatable bonds is 5. The highest BCUT2D eigenvalue weighted by atomic mass is 16.5. The molecule has 6 nitrogen and oxygen atoms in total. The topological polar surface area (TPSA) is 107 Å². The molecule has 0 bridgehead atoms. The lowest BCUT2D eigenvalue weighted by Gasteiger charge is -2.11. The van der Waals surface area contributed by atoms with Crippen molar-refractivity contribution >= 4 is 23.3 Å². The average Bonchev–Trinajstić information content (AvgIpc) is 2.68. The highest BCUT2D eigenvalue weighted by Crippen LogP contribution is 2.20. The molecule has 0 unspecified atom stereocenters. The molecule has 0 aliphatic rings. The zero-order valence-corrected chi connectivity index (χ0v) is 14.5. The van der Waals surface area contributed by atoms with Crippen molar-refractivity contribution < 1.29 is 14.3 Å². The maximum Gasteiger partial charge on any atom is 0.343 e. The van der Waals surface area contributed by atoms with E-state index in [0.29, 0.717) is 33.8 Å². The molecular weight excluding hydrogens is 342 g/mol. The summed E-state index contributed by atoms with van der Waals surface area (Å²) in [7, 11) is 0. The summed E-state index contributed by atoms with van der Waals surface area (Å²) in [6.07, 6.45) is 0. The van der Waals surface area contributed by atoms with Crippen LogP contribution in [0.15, 0.2) is 72.8 Å². The average molecular weight is 361 g/mol. The fourth-order valence-corrected chi connectivity index (χ4v) is 2.44. The standard InChI is InChI=1S/C21H19N3O3/c22-17-9-5-14(6-10-17)20(25)24-13-16-3-1-2-4-19(16)27-21(26)15-7-11-18(23)12-8-15/h1-12H,13,22-23H2,(H,24,25). The van der Waals surface area contributed by atoms with Gasteiger partial charge in [0, 0.05) is 29.0 Å². The molecule has 27 heavy (non-hydrogen) atoms. The van der Waals surface area contributed by atoms with Crippen molar-refractivity contribution in [2.45, 2.75) is 6.54 Å². The Balaban J connectivity index is 1.68. The lowest BCUT2D eigenvalue weighted by Crippen LogP contribution is -2.23. The van der Waals surface area contributed by atoms with Gasteiger partial charge in [-0.25, -0.2) is 4.79 Å². The summed E-state index contributed by atoms with van der Waals surface area (Å²) in [4.78, 5) is 24.6. The van der Waals surface area contributed by atoms with Gasteiger partial charge in [0.05, 0.1) is 5.56 Å². The van der Waals surface area contributed by atoms with E-state index in [0.717, 1.165) is 0 Å². The van der Waals surface area contributed by atoms with E-state index in [1.165, 1.54) is 0 Å². The molecule has 6 heteroatoms. The minimum atomic E-state index is -0.493. The minimum Gasteiger partial charge on any atom is -0.423 e. The second-order valence-corrected chi connectivity index (χ2v) is 5.92. The third kappa shape index (κ3) is 4.64. The molecule has 3 rings (SSSR count).